The van der Waals surface area contributed by atoms with Gasteiger partial charge < -0.3 is 9.84 Å². The summed E-state index contributed by atoms with van der Waals surface area (Å²) in [4.78, 5) is 15.8. The molecule has 2 N–H and O–H groups in total. The van der Waals surface area contributed by atoms with Gasteiger partial charge in [-0.1, -0.05) is 27.2 Å². The van der Waals surface area contributed by atoms with Crippen molar-refractivity contribution in [2.45, 2.75) is 59.1 Å². The van der Waals surface area contributed by atoms with Crippen LogP contribution in [0.2, 0.25) is 0 Å². The molecule has 138 valence electrons. The molecule has 0 fully saturated rings. The summed E-state index contributed by atoms with van der Waals surface area (Å²) in [5.41, 5.74) is 0.219. The van der Waals surface area contributed by atoms with Crippen molar-refractivity contribution in [1.29, 1.82) is 0 Å². The molecule has 0 aliphatic rings. The normalized spacial score (nSPS) is 15.2. The van der Waals surface area contributed by atoms with Gasteiger partial charge in [0.05, 0.1) is 17.6 Å². The van der Waals surface area contributed by atoms with Gasteiger partial charge in [-0.05, 0) is 25.7 Å². The second kappa shape index (κ2) is 10.9. The maximum absolute atomic E-state index is 12.0. The molecule has 0 aromatic carbocycles. The molecule has 1 heterocycles. The smallest absolute Gasteiger partial charge is 0.357 e. The Morgan fingerprint density at radius 2 is 2.17 bits per heavy atom. The van der Waals surface area contributed by atoms with Crippen LogP contribution in [0, 0.1) is 5.92 Å². The highest BCUT2D eigenvalue weighted by Crippen LogP contribution is 2.25. The predicted molar refractivity (Wildman–Crippen MR) is 97.3 cm³/mol. The second-order valence-electron chi connectivity index (χ2n) is 5.91. The van der Waals surface area contributed by atoms with E-state index in [0.29, 0.717) is 17.2 Å². The van der Waals surface area contributed by atoms with Crippen molar-refractivity contribution in [2.75, 3.05) is 12.4 Å². The molecule has 0 saturated carbocycles. The summed E-state index contributed by atoms with van der Waals surface area (Å²) in [5.74, 6) is 0.348. The highest BCUT2D eigenvalue weighted by atomic mass is 32.2. The lowest BCUT2D eigenvalue weighted by Gasteiger charge is -2.23. The average molecular weight is 377 g/mol. The molecule has 0 unspecified atom stereocenters. The van der Waals surface area contributed by atoms with E-state index >= 15 is 0 Å². The zero-order valence-electron chi connectivity index (χ0n) is 14.8. The fourth-order valence-corrected chi connectivity index (χ4v) is 4.20. The Hall–Kier alpha value is -0.830. The molecule has 6 nitrogen and oxygen atoms in total. The van der Waals surface area contributed by atoms with Gasteiger partial charge in [-0.3, -0.25) is 0 Å². The molecule has 3 atom stereocenters. The number of aromatic nitrogens is 1. The van der Waals surface area contributed by atoms with Gasteiger partial charge in [0.25, 0.3) is 0 Å². The Kier molecular flexibility index (Phi) is 9.65. The maximum Gasteiger partial charge on any atom is 0.357 e. The van der Waals surface area contributed by atoms with Gasteiger partial charge in [0.15, 0.2) is 5.69 Å². The summed E-state index contributed by atoms with van der Waals surface area (Å²) in [6.07, 6.45) is 1.49. The number of aliphatic hydroxyl groups excluding tert-OH is 1. The van der Waals surface area contributed by atoms with Crippen molar-refractivity contribution in [3.05, 3.63) is 16.1 Å². The number of nitrogens with one attached hydrogen (secondary N) is 1. The first-order chi connectivity index (χ1) is 11.4. The molecular weight excluding hydrogens is 348 g/mol. The predicted octanol–water partition coefficient (Wildman–Crippen LogP) is 2.82. The summed E-state index contributed by atoms with van der Waals surface area (Å²) in [7, 11) is -1.10. The summed E-state index contributed by atoms with van der Waals surface area (Å²) in [6, 6.07) is -0.0902. The van der Waals surface area contributed by atoms with E-state index in [0.717, 1.165) is 12.8 Å². The molecule has 0 aliphatic carbocycles. The Morgan fingerprint density at radius 3 is 2.75 bits per heavy atom. The molecule has 0 amide bonds. The molecular formula is C16H28N2O4S2. The number of aliphatic hydroxyl groups is 1. The zero-order valence-corrected chi connectivity index (χ0v) is 16.4. The molecule has 24 heavy (non-hydrogen) atoms. The van der Waals surface area contributed by atoms with Crippen molar-refractivity contribution in [2.24, 2.45) is 5.92 Å². The third kappa shape index (κ3) is 6.96. The van der Waals surface area contributed by atoms with E-state index in [4.69, 9.17) is 4.74 Å². The van der Waals surface area contributed by atoms with Crippen LogP contribution in [0.4, 0.5) is 0 Å². The molecule has 8 heteroatoms. The zero-order chi connectivity index (χ0) is 18.1. The van der Waals surface area contributed by atoms with E-state index in [2.05, 4.69) is 16.6 Å². The van der Waals surface area contributed by atoms with E-state index in [1.165, 1.54) is 11.3 Å². The first-order valence-electron chi connectivity index (χ1n) is 8.34. The molecule has 1 rings (SSSR count). The first-order valence-corrected chi connectivity index (χ1v) is 10.5. The molecule has 0 bridgehead atoms. The highest BCUT2D eigenvalue weighted by molar-refractivity contribution is 7.83. The minimum atomic E-state index is -1.10. The largest absolute Gasteiger partial charge is 0.461 e. The van der Waals surface area contributed by atoms with Crippen molar-refractivity contribution in [3.8, 4) is 0 Å². The number of carbonyl (C=O) groups is 1. The van der Waals surface area contributed by atoms with Crippen LogP contribution in [0.3, 0.4) is 0 Å². The average Bonchev–Trinajstić information content (AvgIpc) is 3.02. The fourth-order valence-electron chi connectivity index (χ4n) is 2.04. The van der Waals surface area contributed by atoms with Gasteiger partial charge in [-0.2, -0.15) is 0 Å². The van der Waals surface area contributed by atoms with Crippen molar-refractivity contribution in [3.63, 3.8) is 0 Å². The van der Waals surface area contributed by atoms with Crippen molar-refractivity contribution < 1.29 is 18.8 Å². The number of rotatable bonds is 11. The van der Waals surface area contributed by atoms with Gasteiger partial charge >= 0.3 is 5.97 Å². The lowest BCUT2D eigenvalue weighted by molar-refractivity contribution is 0.0519. The van der Waals surface area contributed by atoms with Crippen LogP contribution in [0.1, 0.15) is 68.6 Å². The summed E-state index contributed by atoms with van der Waals surface area (Å²) in [6.45, 7) is 8.12. The molecule has 0 radical (unpaired) electrons. The van der Waals surface area contributed by atoms with Crippen molar-refractivity contribution in [1.82, 2.24) is 9.71 Å². The van der Waals surface area contributed by atoms with Gasteiger partial charge in [0.1, 0.15) is 11.1 Å². The third-order valence-electron chi connectivity index (χ3n) is 3.54. The Labute approximate surface area is 150 Å². The second-order valence-corrected chi connectivity index (χ2v) is 8.14. The lowest BCUT2D eigenvalue weighted by Crippen LogP contribution is -2.37. The monoisotopic (exact) mass is 376 g/mol. The fraction of sp³-hybridized carbons (Fsp3) is 0.750. The van der Waals surface area contributed by atoms with E-state index in [9.17, 15) is 14.1 Å². The minimum Gasteiger partial charge on any atom is -0.461 e. The first kappa shape index (κ1) is 21.2. The quantitative estimate of drug-likeness (QED) is 0.580. The van der Waals surface area contributed by atoms with Crippen LogP contribution >= 0.6 is 11.3 Å². The van der Waals surface area contributed by atoms with Crippen LogP contribution in [-0.4, -0.2) is 38.7 Å². The number of thiazole rings is 1. The molecule has 0 spiro atoms. The third-order valence-corrected chi connectivity index (χ3v) is 5.71. The SMILES string of the molecule is CCCC[S@@](=O)N[C@H](C[C@@H](O)c1nc(C(=O)OCC)cs1)C(C)C. The van der Waals surface area contributed by atoms with Gasteiger partial charge in [0, 0.05) is 17.2 Å². The number of unbranched alkanes of at least 4 members (excludes halogenated alkanes) is 1. The van der Waals surface area contributed by atoms with Gasteiger partial charge in [0.2, 0.25) is 0 Å². The van der Waals surface area contributed by atoms with Crippen LogP contribution in [0.25, 0.3) is 0 Å². The number of carbonyl (C=O) groups excluding carboxylic acids is 1. The summed E-state index contributed by atoms with van der Waals surface area (Å²) < 4.78 is 20.0. The minimum absolute atomic E-state index is 0.0902. The topological polar surface area (TPSA) is 88.5 Å². The number of esters is 1. The van der Waals surface area contributed by atoms with Crippen LogP contribution in [-0.2, 0) is 15.7 Å². The van der Waals surface area contributed by atoms with E-state index in [1.807, 2.05) is 13.8 Å². The Morgan fingerprint density at radius 1 is 1.46 bits per heavy atom. The van der Waals surface area contributed by atoms with E-state index in [1.54, 1.807) is 12.3 Å². The van der Waals surface area contributed by atoms with E-state index in [-0.39, 0.29) is 24.3 Å². The summed E-state index contributed by atoms with van der Waals surface area (Å²) in [5, 5.41) is 12.5. The maximum atomic E-state index is 12.0. The summed E-state index contributed by atoms with van der Waals surface area (Å²) >= 11 is 1.23. The van der Waals surface area contributed by atoms with Gasteiger partial charge in [-0.15, -0.1) is 11.3 Å². The van der Waals surface area contributed by atoms with Crippen molar-refractivity contribution >= 4 is 28.3 Å². The molecule has 1 aromatic rings. The molecule has 0 aliphatic heterocycles. The van der Waals surface area contributed by atoms with Gasteiger partial charge in [-0.25, -0.2) is 18.7 Å². The molecule has 1 aromatic heterocycles. The van der Waals surface area contributed by atoms with Crippen LogP contribution in [0.5, 0.6) is 0 Å². The highest BCUT2D eigenvalue weighted by Gasteiger charge is 2.23. The number of ether oxygens (including phenoxy) is 1. The Balaban J connectivity index is 2.66. The lowest BCUT2D eigenvalue weighted by atomic mass is 9.99. The molecule has 0 saturated heterocycles. The van der Waals surface area contributed by atoms with Crippen LogP contribution in [0.15, 0.2) is 5.38 Å². The standard InChI is InChI=1S/C16H28N2O4S2/c1-5-7-8-24(21)18-12(11(3)4)9-14(19)15-17-13(10-23-15)16(20)22-6-2/h10-12,14,18-19H,5-9H2,1-4H3/t12-,14-,24-/m1/s1. The Bertz CT molecular complexity index is 534. The number of hydrogen-bond donors (Lipinski definition) is 2. The number of nitrogens with zero attached hydrogens (tertiary/aromatic N) is 1. The van der Waals surface area contributed by atoms with Crippen LogP contribution < -0.4 is 4.72 Å². The number of hydrogen-bond acceptors (Lipinski definition) is 6. The van der Waals surface area contributed by atoms with E-state index < -0.39 is 23.1 Å².